The molecule has 0 aromatic heterocycles. The lowest BCUT2D eigenvalue weighted by Gasteiger charge is -2.28. The molecule has 1 rings (SSSR count). The highest BCUT2D eigenvalue weighted by molar-refractivity contribution is 4.74. The molecule has 0 aromatic carbocycles. The number of hydrogen-bond acceptors (Lipinski definition) is 2. The van der Waals surface area contributed by atoms with Crippen molar-refractivity contribution in [3.63, 3.8) is 0 Å². The van der Waals surface area contributed by atoms with Gasteiger partial charge in [-0.25, -0.2) is 0 Å². The Morgan fingerprint density at radius 2 is 1.81 bits per heavy atom. The zero-order valence-corrected chi connectivity index (χ0v) is 11.1. The molecule has 0 heterocycles. The first kappa shape index (κ1) is 14.0. The first-order chi connectivity index (χ1) is 7.86. The van der Waals surface area contributed by atoms with Gasteiger partial charge in [0, 0.05) is 13.7 Å². The second-order valence-electron chi connectivity index (χ2n) is 5.23. The molecule has 0 amide bonds. The fourth-order valence-electron chi connectivity index (χ4n) is 2.70. The summed E-state index contributed by atoms with van der Waals surface area (Å²) in [5, 5.41) is 3.49. The van der Waals surface area contributed by atoms with Gasteiger partial charge in [0.2, 0.25) is 0 Å². The van der Waals surface area contributed by atoms with E-state index < -0.39 is 0 Å². The molecule has 0 aromatic rings. The molecule has 1 aliphatic rings. The molecule has 2 heteroatoms. The summed E-state index contributed by atoms with van der Waals surface area (Å²) < 4.78 is 5.03. The molecule has 1 saturated carbocycles. The maximum Gasteiger partial charge on any atom is 0.0587 e. The average molecular weight is 227 g/mol. The van der Waals surface area contributed by atoms with Gasteiger partial charge in [-0.15, -0.1) is 0 Å². The van der Waals surface area contributed by atoms with Crippen LogP contribution in [-0.4, -0.2) is 26.8 Å². The number of rotatable bonds is 8. The van der Waals surface area contributed by atoms with Crippen molar-refractivity contribution in [1.82, 2.24) is 5.32 Å². The quantitative estimate of drug-likeness (QED) is 0.643. The largest absolute Gasteiger partial charge is 0.383 e. The van der Waals surface area contributed by atoms with Gasteiger partial charge in [-0.1, -0.05) is 39.0 Å². The Balaban J connectivity index is 1.98. The summed E-state index contributed by atoms with van der Waals surface area (Å²) >= 11 is 0. The summed E-state index contributed by atoms with van der Waals surface area (Å²) in [6.45, 7) is 5.34. The van der Waals surface area contributed by atoms with Crippen LogP contribution in [0.1, 0.15) is 51.9 Å². The van der Waals surface area contributed by atoms with Crippen molar-refractivity contribution in [1.29, 1.82) is 0 Å². The van der Waals surface area contributed by atoms with Crippen LogP contribution >= 0.6 is 0 Å². The first-order valence-corrected chi connectivity index (χ1v) is 7.06. The van der Waals surface area contributed by atoms with Crippen molar-refractivity contribution in [3.05, 3.63) is 0 Å². The lowest BCUT2D eigenvalue weighted by atomic mass is 9.80. The molecular weight excluding hydrogens is 198 g/mol. The Morgan fingerprint density at radius 1 is 1.12 bits per heavy atom. The smallest absolute Gasteiger partial charge is 0.0587 e. The number of hydrogen-bond donors (Lipinski definition) is 1. The van der Waals surface area contributed by atoms with E-state index in [0.29, 0.717) is 0 Å². The van der Waals surface area contributed by atoms with Crippen LogP contribution in [0.5, 0.6) is 0 Å². The van der Waals surface area contributed by atoms with E-state index in [1.165, 1.54) is 51.5 Å². The normalized spacial score (nSPS) is 25.9. The number of methoxy groups -OCH3 is 1. The molecule has 16 heavy (non-hydrogen) atoms. The van der Waals surface area contributed by atoms with Crippen molar-refractivity contribution in [2.75, 3.05) is 26.8 Å². The molecule has 0 unspecified atom stereocenters. The Bertz CT molecular complexity index is 153. The second-order valence-corrected chi connectivity index (χ2v) is 5.23. The molecule has 1 N–H and O–H groups in total. The van der Waals surface area contributed by atoms with E-state index >= 15 is 0 Å². The summed E-state index contributed by atoms with van der Waals surface area (Å²) in [4.78, 5) is 0. The van der Waals surface area contributed by atoms with Crippen LogP contribution in [-0.2, 0) is 4.74 Å². The topological polar surface area (TPSA) is 21.3 Å². The standard InChI is InChI=1S/C14H29NO/c1-3-4-5-13-6-8-14(9-7-13)12-15-10-11-16-2/h13-15H,3-12H2,1-2H3. The predicted octanol–water partition coefficient (Wildman–Crippen LogP) is 3.22. The Kier molecular flexibility index (Phi) is 7.87. The van der Waals surface area contributed by atoms with Gasteiger partial charge in [0.25, 0.3) is 0 Å². The molecule has 1 aliphatic carbocycles. The maximum absolute atomic E-state index is 5.03. The summed E-state index contributed by atoms with van der Waals surface area (Å²) in [5.74, 6) is 1.96. The molecule has 0 bridgehead atoms. The third-order valence-corrected chi connectivity index (χ3v) is 3.85. The van der Waals surface area contributed by atoms with Gasteiger partial charge in [-0.3, -0.25) is 0 Å². The SMILES string of the molecule is CCCCC1CCC(CNCCOC)CC1. The van der Waals surface area contributed by atoms with Gasteiger partial charge < -0.3 is 10.1 Å². The fourth-order valence-corrected chi connectivity index (χ4v) is 2.70. The highest BCUT2D eigenvalue weighted by atomic mass is 16.5. The van der Waals surface area contributed by atoms with Gasteiger partial charge in [-0.05, 0) is 31.2 Å². The lowest BCUT2D eigenvalue weighted by Crippen LogP contribution is -2.28. The highest BCUT2D eigenvalue weighted by Gasteiger charge is 2.20. The van der Waals surface area contributed by atoms with Crippen LogP contribution < -0.4 is 5.32 Å². The van der Waals surface area contributed by atoms with Gasteiger partial charge in [0.05, 0.1) is 6.61 Å². The minimum Gasteiger partial charge on any atom is -0.383 e. The molecular formula is C14H29NO. The highest BCUT2D eigenvalue weighted by Crippen LogP contribution is 2.31. The van der Waals surface area contributed by atoms with Crippen LogP contribution in [0, 0.1) is 11.8 Å². The van der Waals surface area contributed by atoms with E-state index in [2.05, 4.69) is 12.2 Å². The molecule has 0 spiro atoms. The first-order valence-electron chi connectivity index (χ1n) is 7.06. The molecule has 96 valence electrons. The Hall–Kier alpha value is -0.0800. The summed E-state index contributed by atoms with van der Waals surface area (Å²) in [5.41, 5.74) is 0. The van der Waals surface area contributed by atoms with E-state index in [1.807, 2.05) is 0 Å². The van der Waals surface area contributed by atoms with Crippen molar-refractivity contribution < 1.29 is 4.74 Å². The molecule has 2 nitrogen and oxygen atoms in total. The van der Waals surface area contributed by atoms with E-state index in [1.54, 1.807) is 7.11 Å². The number of ether oxygens (including phenoxy) is 1. The van der Waals surface area contributed by atoms with Gasteiger partial charge >= 0.3 is 0 Å². The van der Waals surface area contributed by atoms with Crippen molar-refractivity contribution in [2.45, 2.75) is 51.9 Å². The van der Waals surface area contributed by atoms with Crippen molar-refractivity contribution in [2.24, 2.45) is 11.8 Å². The van der Waals surface area contributed by atoms with Crippen LogP contribution in [0.2, 0.25) is 0 Å². The average Bonchev–Trinajstić information content (AvgIpc) is 2.33. The molecule has 0 saturated heterocycles. The third-order valence-electron chi connectivity index (χ3n) is 3.85. The fraction of sp³-hybridized carbons (Fsp3) is 1.00. The van der Waals surface area contributed by atoms with Gasteiger partial charge in [0.1, 0.15) is 0 Å². The zero-order valence-electron chi connectivity index (χ0n) is 11.1. The maximum atomic E-state index is 5.03. The van der Waals surface area contributed by atoms with Crippen LogP contribution in [0.25, 0.3) is 0 Å². The predicted molar refractivity (Wildman–Crippen MR) is 69.7 cm³/mol. The lowest BCUT2D eigenvalue weighted by molar-refractivity contribution is 0.193. The number of nitrogens with one attached hydrogen (secondary N) is 1. The Morgan fingerprint density at radius 3 is 2.44 bits per heavy atom. The second kappa shape index (κ2) is 9.00. The van der Waals surface area contributed by atoms with Crippen LogP contribution in [0.15, 0.2) is 0 Å². The summed E-state index contributed by atoms with van der Waals surface area (Å²) in [6, 6.07) is 0. The molecule has 0 aliphatic heterocycles. The third kappa shape index (κ3) is 5.86. The van der Waals surface area contributed by atoms with E-state index in [9.17, 15) is 0 Å². The van der Waals surface area contributed by atoms with Crippen molar-refractivity contribution in [3.8, 4) is 0 Å². The zero-order chi connectivity index (χ0) is 11.6. The molecule has 0 atom stereocenters. The minimum atomic E-state index is 0.839. The van der Waals surface area contributed by atoms with E-state index in [0.717, 1.165) is 25.0 Å². The van der Waals surface area contributed by atoms with Gasteiger partial charge in [-0.2, -0.15) is 0 Å². The Labute approximate surface area is 101 Å². The molecule has 1 fully saturated rings. The van der Waals surface area contributed by atoms with E-state index in [-0.39, 0.29) is 0 Å². The summed E-state index contributed by atoms with van der Waals surface area (Å²) in [7, 11) is 1.76. The minimum absolute atomic E-state index is 0.839. The summed E-state index contributed by atoms with van der Waals surface area (Å²) in [6.07, 6.45) is 10.1. The van der Waals surface area contributed by atoms with Gasteiger partial charge in [0.15, 0.2) is 0 Å². The molecule has 0 radical (unpaired) electrons. The van der Waals surface area contributed by atoms with Crippen molar-refractivity contribution >= 4 is 0 Å². The van der Waals surface area contributed by atoms with Crippen LogP contribution in [0.3, 0.4) is 0 Å². The number of unbranched alkanes of at least 4 members (excludes halogenated alkanes) is 1. The van der Waals surface area contributed by atoms with Crippen LogP contribution in [0.4, 0.5) is 0 Å². The van der Waals surface area contributed by atoms with E-state index in [4.69, 9.17) is 4.74 Å². The monoisotopic (exact) mass is 227 g/mol.